The Labute approximate surface area is 193 Å². The predicted octanol–water partition coefficient (Wildman–Crippen LogP) is 10.9. The summed E-state index contributed by atoms with van der Waals surface area (Å²) < 4.78 is 0. The van der Waals surface area contributed by atoms with Gasteiger partial charge < -0.3 is 0 Å². The Morgan fingerprint density at radius 2 is 0.483 bits per heavy atom. The van der Waals surface area contributed by atoms with E-state index in [0.717, 1.165) is 15.0 Å². The average Bonchev–Trinajstić information content (AvgIpc) is 2.74. The second-order valence-corrected chi connectivity index (χ2v) is 12.0. The van der Waals surface area contributed by atoms with Gasteiger partial charge in [0.25, 0.3) is 0 Å². The van der Waals surface area contributed by atoms with E-state index in [2.05, 4.69) is 13.8 Å². The predicted molar refractivity (Wildman–Crippen MR) is 138 cm³/mol. The van der Waals surface area contributed by atoms with Gasteiger partial charge in [-0.1, -0.05) is 26.7 Å². The molecule has 29 heavy (non-hydrogen) atoms. The third-order valence-electron chi connectivity index (χ3n) is 6.28. The summed E-state index contributed by atoms with van der Waals surface area (Å²) in [6.45, 7) is 4.61. The van der Waals surface area contributed by atoms with Crippen LogP contribution in [-0.2, 0) is 0 Å². The Kier molecular flexibility index (Phi) is 29.0. The fraction of sp³-hybridized carbons (Fsp3) is 1.00. The van der Waals surface area contributed by atoms with Crippen molar-refractivity contribution in [2.45, 2.75) is 179 Å². The van der Waals surface area contributed by atoms with Crippen molar-refractivity contribution in [2.24, 2.45) is 0 Å². The molecule has 0 saturated carbocycles. The molecule has 0 radical (unpaired) electrons. The minimum Gasteiger partial charge on any atom is -0.0654 e. The molecule has 0 heterocycles. The molecule has 0 aromatic heterocycles. The average molecular weight is 474 g/mol. The molecular weight excluding hydrogens is 415 g/mol. The van der Waals surface area contributed by atoms with Gasteiger partial charge in [-0.3, -0.25) is 0 Å². The molecule has 1 heteroatoms. The van der Waals surface area contributed by atoms with Crippen LogP contribution in [0.2, 0.25) is 10.6 Å². The molecule has 0 N–H and O–H groups in total. The van der Waals surface area contributed by atoms with Crippen LogP contribution in [-0.4, -0.2) is 15.0 Å². The summed E-state index contributed by atoms with van der Waals surface area (Å²) in [5.74, 6) is 0. The van der Waals surface area contributed by atoms with E-state index in [9.17, 15) is 0 Å². The van der Waals surface area contributed by atoms with Crippen molar-refractivity contribution in [3.05, 3.63) is 0 Å². The first-order valence-electron chi connectivity index (χ1n) is 14.0. The van der Waals surface area contributed by atoms with Crippen molar-refractivity contribution in [1.82, 2.24) is 0 Å². The van der Waals surface area contributed by atoms with E-state index in [1.54, 1.807) is 10.6 Å². The zero-order valence-electron chi connectivity index (χ0n) is 20.8. The van der Waals surface area contributed by atoms with E-state index < -0.39 is 0 Å². The van der Waals surface area contributed by atoms with Crippen LogP contribution in [0.25, 0.3) is 0 Å². The molecule has 0 aromatic rings. The first kappa shape index (κ1) is 29.5. The molecule has 0 aliphatic carbocycles. The van der Waals surface area contributed by atoms with Crippen LogP contribution >= 0.6 is 0 Å². The van der Waals surface area contributed by atoms with Crippen molar-refractivity contribution in [3.63, 3.8) is 0 Å². The summed E-state index contributed by atoms with van der Waals surface area (Å²) in [4.78, 5) is 0. The van der Waals surface area contributed by atoms with Gasteiger partial charge in [0.1, 0.15) is 0 Å². The van der Waals surface area contributed by atoms with E-state index in [4.69, 9.17) is 0 Å². The smallest absolute Gasteiger partial charge is 0.0654 e. The fourth-order valence-corrected chi connectivity index (χ4v) is 6.33. The zero-order chi connectivity index (χ0) is 21.1. The van der Waals surface area contributed by atoms with Gasteiger partial charge in [-0.05, 0) is 0 Å². The summed E-state index contributed by atoms with van der Waals surface area (Å²) >= 11 is 0.955. The molecule has 0 atom stereocenters. The molecule has 0 bridgehead atoms. The summed E-state index contributed by atoms with van der Waals surface area (Å²) in [6, 6.07) is 0. The summed E-state index contributed by atoms with van der Waals surface area (Å²) in [7, 11) is 0. The van der Waals surface area contributed by atoms with Gasteiger partial charge in [0.05, 0.1) is 0 Å². The summed E-state index contributed by atoms with van der Waals surface area (Å²) in [6.07, 6.45) is 35.6. The van der Waals surface area contributed by atoms with E-state index in [-0.39, 0.29) is 0 Å². The van der Waals surface area contributed by atoms with E-state index in [0.29, 0.717) is 0 Å². The molecule has 176 valence electrons. The van der Waals surface area contributed by atoms with Crippen molar-refractivity contribution in [2.75, 3.05) is 0 Å². The Morgan fingerprint density at radius 1 is 0.276 bits per heavy atom. The topological polar surface area (TPSA) is 0 Å². The van der Waals surface area contributed by atoms with Crippen LogP contribution < -0.4 is 0 Å². The van der Waals surface area contributed by atoms with Crippen molar-refractivity contribution in [3.8, 4) is 0 Å². The van der Waals surface area contributed by atoms with Crippen LogP contribution in [0.4, 0.5) is 0 Å². The van der Waals surface area contributed by atoms with E-state index in [1.165, 1.54) is 154 Å². The molecule has 0 aromatic carbocycles. The van der Waals surface area contributed by atoms with Gasteiger partial charge >= 0.3 is 167 Å². The molecule has 0 nitrogen and oxygen atoms in total. The number of unbranched alkanes of at least 4 members (excludes halogenated alkanes) is 22. The number of hydrogen-bond acceptors (Lipinski definition) is 0. The summed E-state index contributed by atoms with van der Waals surface area (Å²) in [5.41, 5.74) is 0. The van der Waals surface area contributed by atoms with Crippen LogP contribution in [0, 0.1) is 0 Å². The number of rotatable bonds is 26. The molecule has 0 saturated heterocycles. The van der Waals surface area contributed by atoms with Crippen molar-refractivity contribution >= 4 is 15.0 Å². The molecule has 0 aliphatic rings. The molecule has 0 rings (SSSR count). The minimum atomic E-state index is 0.955. The SMILES string of the molecule is CCCCCCCCCCCCCC[Se]CCCCCCCCCCCCCC. The molecule has 0 aliphatic heterocycles. The fourth-order valence-electron chi connectivity index (χ4n) is 4.19. The van der Waals surface area contributed by atoms with Crippen molar-refractivity contribution < 1.29 is 0 Å². The normalized spacial score (nSPS) is 11.4. The first-order valence-corrected chi connectivity index (χ1v) is 16.4. The molecule has 0 unspecified atom stereocenters. The molecule has 0 amide bonds. The maximum absolute atomic E-state index is 2.31. The van der Waals surface area contributed by atoms with E-state index in [1.807, 2.05) is 0 Å². The Morgan fingerprint density at radius 3 is 0.724 bits per heavy atom. The standard InChI is InChI=1S/C28H58Se/c1-3-5-7-9-11-13-15-17-19-21-23-25-27-29-28-26-24-22-20-18-16-14-12-10-8-6-4-2/h3-28H2,1-2H3. The number of hydrogen-bond donors (Lipinski definition) is 0. The monoisotopic (exact) mass is 474 g/mol. The quantitative estimate of drug-likeness (QED) is 0.0865. The Hall–Kier alpha value is 0.519. The molecule has 0 fully saturated rings. The second kappa shape index (κ2) is 28.5. The van der Waals surface area contributed by atoms with Crippen LogP contribution in [0.5, 0.6) is 0 Å². The third kappa shape index (κ3) is 28.5. The summed E-state index contributed by atoms with van der Waals surface area (Å²) in [5, 5.41) is 3.12. The van der Waals surface area contributed by atoms with Crippen LogP contribution in [0.3, 0.4) is 0 Å². The van der Waals surface area contributed by atoms with Crippen LogP contribution in [0.15, 0.2) is 0 Å². The Balaban J connectivity index is 2.97. The van der Waals surface area contributed by atoms with Gasteiger partial charge in [-0.25, -0.2) is 0 Å². The van der Waals surface area contributed by atoms with Gasteiger partial charge in [-0.2, -0.15) is 0 Å². The van der Waals surface area contributed by atoms with Crippen molar-refractivity contribution in [1.29, 1.82) is 0 Å². The maximum atomic E-state index is 2.31. The Bertz CT molecular complexity index is 237. The van der Waals surface area contributed by atoms with Crippen LogP contribution in [0.1, 0.15) is 168 Å². The minimum absolute atomic E-state index is 0.955. The third-order valence-corrected chi connectivity index (χ3v) is 8.71. The second-order valence-electron chi connectivity index (χ2n) is 9.39. The zero-order valence-corrected chi connectivity index (χ0v) is 22.5. The molecular formula is C28H58Se. The van der Waals surface area contributed by atoms with Gasteiger partial charge in [0.15, 0.2) is 0 Å². The first-order chi connectivity index (χ1) is 14.4. The molecule has 0 spiro atoms. The van der Waals surface area contributed by atoms with Gasteiger partial charge in [0, 0.05) is 0 Å². The van der Waals surface area contributed by atoms with Gasteiger partial charge in [-0.15, -0.1) is 0 Å². The van der Waals surface area contributed by atoms with Gasteiger partial charge in [0.2, 0.25) is 0 Å². The van der Waals surface area contributed by atoms with E-state index >= 15 is 0 Å².